The largest absolute Gasteiger partial charge is 0.339 e. The van der Waals surface area contributed by atoms with Crippen molar-refractivity contribution >= 4 is 21.6 Å². The first-order valence-corrected chi connectivity index (χ1v) is 10.6. The van der Waals surface area contributed by atoms with Crippen LogP contribution in [0.25, 0.3) is 0 Å². The monoisotopic (exact) mass is 408 g/mol. The molecule has 0 spiro atoms. The average molecular weight is 408 g/mol. The molecule has 8 heteroatoms. The average Bonchev–Trinajstić information content (AvgIpc) is 2.70. The number of hydrogen-bond donors (Lipinski definition) is 1. The lowest BCUT2D eigenvalue weighted by molar-refractivity contribution is 0.0696. The fourth-order valence-corrected chi connectivity index (χ4v) is 4.45. The lowest BCUT2D eigenvalue weighted by atomic mass is 9.94. The zero-order valence-electron chi connectivity index (χ0n) is 15.5. The molecule has 0 aliphatic heterocycles. The molecule has 0 aromatic heterocycles. The van der Waals surface area contributed by atoms with Gasteiger partial charge in [-0.2, -0.15) is 0 Å². The highest BCUT2D eigenvalue weighted by molar-refractivity contribution is 7.92. The van der Waals surface area contributed by atoms with Crippen LogP contribution >= 0.6 is 0 Å². The standard InChI is InChI=1S/C20H22F2N2O3S/c1-24(16-5-3-2-4-6-16)20(25)14-7-9-15(10-8-14)23-28(26,27)17-11-12-18(21)19(22)13-17/h7-13,16,23H,2-6H2,1H3. The van der Waals surface area contributed by atoms with Crippen molar-refractivity contribution in [3.8, 4) is 0 Å². The number of anilines is 1. The summed E-state index contributed by atoms with van der Waals surface area (Å²) in [5.74, 6) is -2.47. The van der Waals surface area contributed by atoms with E-state index in [0.717, 1.165) is 37.8 Å². The van der Waals surface area contributed by atoms with Crippen LogP contribution in [0.1, 0.15) is 42.5 Å². The topological polar surface area (TPSA) is 66.5 Å². The molecule has 0 bridgehead atoms. The molecule has 0 heterocycles. The second kappa shape index (κ2) is 8.26. The maximum Gasteiger partial charge on any atom is 0.261 e. The number of rotatable bonds is 5. The van der Waals surface area contributed by atoms with Gasteiger partial charge in [0.2, 0.25) is 0 Å². The quantitative estimate of drug-likeness (QED) is 0.808. The maximum absolute atomic E-state index is 13.3. The van der Waals surface area contributed by atoms with Crippen molar-refractivity contribution in [3.63, 3.8) is 0 Å². The van der Waals surface area contributed by atoms with Crippen LogP contribution in [0, 0.1) is 11.6 Å². The van der Waals surface area contributed by atoms with Gasteiger partial charge in [-0.25, -0.2) is 17.2 Å². The Morgan fingerprint density at radius 3 is 2.25 bits per heavy atom. The van der Waals surface area contributed by atoms with Gasteiger partial charge >= 0.3 is 0 Å². The highest BCUT2D eigenvalue weighted by Gasteiger charge is 2.23. The summed E-state index contributed by atoms with van der Waals surface area (Å²) >= 11 is 0. The first-order valence-electron chi connectivity index (χ1n) is 9.13. The number of carbonyl (C=O) groups is 1. The maximum atomic E-state index is 13.3. The van der Waals surface area contributed by atoms with Gasteiger partial charge in [0.25, 0.3) is 15.9 Å². The van der Waals surface area contributed by atoms with E-state index in [4.69, 9.17) is 0 Å². The molecule has 1 amide bonds. The summed E-state index contributed by atoms with van der Waals surface area (Å²) < 4.78 is 53.3. The minimum Gasteiger partial charge on any atom is -0.339 e. The van der Waals surface area contributed by atoms with Crippen LogP contribution in [0.15, 0.2) is 47.4 Å². The lowest BCUT2D eigenvalue weighted by Crippen LogP contribution is -2.38. The molecule has 28 heavy (non-hydrogen) atoms. The Balaban J connectivity index is 1.71. The van der Waals surface area contributed by atoms with Gasteiger partial charge in [-0.15, -0.1) is 0 Å². The Morgan fingerprint density at radius 1 is 1.00 bits per heavy atom. The predicted molar refractivity (Wildman–Crippen MR) is 103 cm³/mol. The number of nitrogens with one attached hydrogen (secondary N) is 1. The Morgan fingerprint density at radius 2 is 1.64 bits per heavy atom. The van der Waals surface area contributed by atoms with Crippen LogP contribution in [0.3, 0.4) is 0 Å². The van der Waals surface area contributed by atoms with E-state index in [9.17, 15) is 22.0 Å². The van der Waals surface area contributed by atoms with Gasteiger partial charge < -0.3 is 4.90 Å². The Labute approximate surface area is 163 Å². The molecule has 5 nitrogen and oxygen atoms in total. The first-order chi connectivity index (χ1) is 13.3. The highest BCUT2D eigenvalue weighted by atomic mass is 32.2. The number of hydrogen-bond acceptors (Lipinski definition) is 3. The Hall–Kier alpha value is -2.48. The van der Waals surface area contributed by atoms with E-state index in [-0.39, 0.29) is 22.5 Å². The number of amides is 1. The third-order valence-electron chi connectivity index (χ3n) is 5.03. The summed E-state index contributed by atoms with van der Waals surface area (Å²) in [4.78, 5) is 14.0. The second-order valence-corrected chi connectivity index (χ2v) is 8.65. The smallest absolute Gasteiger partial charge is 0.261 e. The van der Waals surface area contributed by atoms with Crippen LogP contribution in [0.2, 0.25) is 0 Å². The molecule has 2 aromatic carbocycles. The number of sulfonamides is 1. The van der Waals surface area contributed by atoms with Crippen molar-refractivity contribution in [1.82, 2.24) is 4.90 Å². The molecule has 1 saturated carbocycles. The van der Waals surface area contributed by atoms with E-state index in [1.165, 1.54) is 18.6 Å². The van der Waals surface area contributed by atoms with Crippen LogP contribution in [-0.4, -0.2) is 32.3 Å². The third kappa shape index (κ3) is 4.49. The van der Waals surface area contributed by atoms with Crippen LogP contribution in [0.5, 0.6) is 0 Å². The fraction of sp³-hybridized carbons (Fsp3) is 0.350. The summed E-state index contributed by atoms with van der Waals surface area (Å²) in [5.41, 5.74) is 0.686. The van der Waals surface area contributed by atoms with Crippen LogP contribution in [0.4, 0.5) is 14.5 Å². The highest BCUT2D eigenvalue weighted by Crippen LogP contribution is 2.24. The summed E-state index contributed by atoms with van der Waals surface area (Å²) in [5, 5.41) is 0. The minimum atomic E-state index is -4.07. The van der Waals surface area contributed by atoms with Crippen LogP contribution < -0.4 is 4.72 Å². The van der Waals surface area contributed by atoms with Gasteiger partial charge in [0.1, 0.15) is 0 Å². The fourth-order valence-electron chi connectivity index (χ4n) is 3.38. The molecule has 0 saturated heterocycles. The van der Waals surface area contributed by atoms with Gasteiger partial charge in [-0.05, 0) is 55.3 Å². The zero-order valence-corrected chi connectivity index (χ0v) is 16.3. The molecule has 1 aliphatic rings. The summed E-state index contributed by atoms with van der Waals surface area (Å²) in [7, 11) is -2.28. The van der Waals surface area contributed by atoms with Gasteiger partial charge in [0.15, 0.2) is 11.6 Å². The molecule has 3 rings (SSSR count). The summed E-state index contributed by atoms with van der Waals surface area (Å²) in [6, 6.07) is 8.63. The van der Waals surface area contributed by atoms with Crippen molar-refractivity contribution in [2.24, 2.45) is 0 Å². The molecule has 0 radical (unpaired) electrons. The third-order valence-corrected chi connectivity index (χ3v) is 6.41. The molecular weight excluding hydrogens is 386 g/mol. The predicted octanol–water partition coefficient (Wildman–Crippen LogP) is 4.17. The number of nitrogens with zero attached hydrogens (tertiary/aromatic N) is 1. The van der Waals surface area contributed by atoms with Crippen molar-refractivity contribution in [3.05, 3.63) is 59.7 Å². The van der Waals surface area contributed by atoms with Crippen molar-refractivity contribution in [1.29, 1.82) is 0 Å². The molecule has 2 aromatic rings. The molecule has 1 aliphatic carbocycles. The molecule has 150 valence electrons. The first kappa shape index (κ1) is 20.3. The van der Waals surface area contributed by atoms with E-state index in [0.29, 0.717) is 11.6 Å². The summed E-state index contributed by atoms with van der Waals surface area (Å²) in [6.45, 7) is 0. The van der Waals surface area contributed by atoms with Gasteiger partial charge in [-0.1, -0.05) is 19.3 Å². The molecular formula is C20H22F2N2O3S. The summed E-state index contributed by atoms with van der Waals surface area (Å²) in [6.07, 6.45) is 5.42. The van der Waals surface area contributed by atoms with Gasteiger partial charge in [-0.3, -0.25) is 9.52 Å². The Kier molecular flexibility index (Phi) is 5.98. The lowest BCUT2D eigenvalue weighted by Gasteiger charge is -2.31. The second-order valence-electron chi connectivity index (χ2n) is 6.97. The van der Waals surface area contributed by atoms with E-state index >= 15 is 0 Å². The number of benzene rings is 2. The van der Waals surface area contributed by atoms with Gasteiger partial charge in [0, 0.05) is 24.3 Å². The Bertz CT molecular complexity index is 956. The minimum absolute atomic E-state index is 0.109. The van der Waals surface area contributed by atoms with E-state index in [2.05, 4.69) is 4.72 Å². The van der Waals surface area contributed by atoms with Crippen molar-refractivity contribution in [2.45, 2.75) is 43.0 Å². The van der Waals surface area contributed by atoms with E-state index in [1.54, 1.807) is 24.1 Å². The number of carbonyl (C=O) groups excluding carboxylic acids is 1. The van der Waals surface area contributed by atoms with E-state index < -0.39 is 21.7 Å². The van der Waals surface area contributed by atoms with Crippen molar-refractivity contribution in [2.75, 3.05) is 11.8 Å². The van der Waals surface area contributed by atoms with Gasteiger partial charge in [0.05, 0.1) is 4.90 Å². The zero-order chi connectivity index (χ0) is 20.3. The normalized spacial score (nSPS) is 15.2. The van der Waals surface area contributed by atoms with Crippen LogP contribution in [-0.2, 0) is 10.0 Å². The SMILES string of the molecule is CN(C(=O)c1ccc(NS(=O)(=O)c2ccc(F)c(F)c2)cc1)C1CCCCC1. The molecule has 1 N–H and O–H groups in total. The van der Waals surface area contributed by atoms with Crippen molar-refractivity contribution < 1.29 is 22.0 Å². The number of halogens is 2. The molecule has 0 atom stereocenters. The van der Waals surface area contributed by atoms with E-state index in [1.807, 2.05) is 0 Å². The molecule has 1 fully saturated rings. The molecule has 0 unspecified atom stereocenters.